The van der Waals surface area contributed by atoms with Crippen LogP contribution in [0, 0.1) is 5.82 Å². The number of urea groups is 1. The number of methoxy groups -OCH3 is 1. The van der Waals surface area contributed by atoms with Gasteiger partial charge in [0.2, 0.25) is 0 Å². The van der Waals surface area contributed by atoms with Crippen LogP contribution in [0.15, 0.2) is 18.2 Å². The Kier molecular flexibility index (Phi) is 4.57. The summed E-state index contributed by atoms with van der Waals surface area (Å²) in [7, 11) is 3.07. The van der Waals surface area contributed by atoms with Gasteiger partial charge in [-0.15, -0.1) is 0 Å². The van der Waals surface area contributed by atoms with Gasteiger partial charge in [-0.3, -0.25) is 0 Å². The van der Waals surface area contributed by atoms with E-state index in [-0.39, 0.29) is 11.8 Å². The third-order valence-corrected chi connectivity index (χ3v) is 2.15. The molecule has 0 spiro atoms. The van der Waals surface area contributed by atoms with Gasteiger partial charge in [0.05, 0.1) is 7.11 Å². The summed E-state index contributed by atoms with van der Waals surface area (Å²) >= 11 is 0. The van der Waals surface area contributed by atoms with Crippen LogP contribution >= 0.6 is 0 Å². The summed E-state index contributed by atoms with van der Waals surface area (Å²) in [4.78, 5) is 10.9. The molecular formula is C11H15FN2O2. The summed E-state index contributed by atoms with van der Waals surface area (Å²) in [5.74, 6) is 0.316. The number of carbonyl (C=O) groups excluding carboxylic acids is 1. The normalized spacial score (nSPS) is 9.69. The van der Waals surface area contributed by atoms with E-state index >= 15 is 0 Å². The van der Waals surface area contributed by atoms with Crippen molar-refractivity contribution in [3.05, 3.63) is 29.6 Å². The molecule has 2 amide bonds. The lowest BCUT2D eigenvalue weighted by atomic mass is 10.1. The monoisotopic (exact) mass is 226 g/mol. The van der Waals surface area contributed by atoms with E-state index < -0.39 is 0 Å². The van der Waals surface area contributed by atoms with E-state index in [1.807, 2.05) is 0 Å². The topological polar surface area (TPSA) is 50.4 Å². The van der Waals surface area contributed by atoms with Gasteiger partial charge in [0.15, 0.2) is 0 Å². The van der Waals surface area contributed by atoms with Gasteiger partial charge in [0, 0.05) is 13.6 Å². The second kappa shape index (κ2) is 5.95. The molecule has 0 aliphatic heterocycles. The van der Waals surface area contributed by atoms with E-state index in [1.165, 1.54) is 26.3 Å². The van der Waals surface area contributed by atoms with Gasteiger partial charge in [0.1, 0.15) is 11.6 Å². The van der Waals surface area contributed by atoms with E-state index in [9.17, 15) is 9.18 Å². The molecule has 0 atom stereocenters. The number of ether oxygens (including phenoxy) is 1. The molecule has 0 unspecified atom stereocenters. The van der Waals surface area contributed by atoms with Crippen LogP contribution in [0.4, 0.5) is 9.18 Å². The Morgan fingerprint density at radius 1 is 1.50 bits per heavy atom. The fourth-order valence-electron chi connectivity index (χ4n) is 1.34. The summed E-state index contributed by atoms with van der Waals surface area (Å²) in [6.45, 7) is 0.430. The number of carbonyl (C=O) groups is 1. The molecule has 0 aliphatic carbocycles. The van der Waals surface area contributed by atoms with Crippen LogP contribution in [0.1, 0.15) is 5.56 Å². The minimum atomic E-state index is -0.309. The van der Waals surface area contributed by atoms with Gasteiger partial charge in [-0.1, -0.05) is 0 Å². The second-order valence-electron chi connectivity index (χ2n) is 3.21. The number of rotatable bonds is 4. The van der Waals surface area contributed by atoms with Crippen LogP contribution in [0.3, 0.4) is 0 Å². The average molecular weight is 226 g/mol. The fraction of sp³-hybridized carbons (Fsp3) is 0.364. The molecule has 88 valence electrons. The van der Waals surface area contributed by atoms with E-state index in [2.05, 4.69) is 10.6 Å². The number of nitrogens with one attached hydrogen (secondary N) is 2. The third kappa shape index (κ3) is 3.42. The summed E-state index contributed by atoms with van der Waals surface area (Å²) in [6.07, 6.45) is 0.522. The lowest BCUT2D eigenvalue weighted by Gasteiger charge is -2.09. The molecule has 5 heteroatoms. The predicted molar refractivity (Wildman–Crippen MR) is 59.1 cm³/mol. The van der Waals surface area contributed by atoms with E-state index in [0.29, 0.717) is 18.7 Å². The molecule has 4 nitrogen and oxygen atoms in total. The highest BCUT2D eigenvalue weighted by Gasteiger charge is 2.05. The Labute approximate surface area is 93.8 Å². The highest BCUT2D eigenvalue weighted by Crippen LogP contribution is 2.19. The number of amides is 2. The summed E-state index contributed by atoms with van der Waals surface area (Å²) in [5, 5.41) is 5.06. The first-order chi connectivity index (χ1) is 7.67. The minimum absolute atomic E-state index is 0.254. The van der Waals surface area contributed by atoms with Crippen molar-refractivity contribution in [2.24, 2.45) is 0 Å². The molecule has 0 heterocycles. The van der Waals surface area contributed by atoms with Crippen LogP contribution in [0.25, 0.3) is 0 Å². The van der Waals surface area contributed by atoms with E-state index in [1.54, 1.807) is 6.07 Å². The Hall–Kier alpha value is -1.78. The first-order valence-corrected chi connectivity index (χ1v) is 4.95. The number of hydrogen-bond donors (Lipinski definition) is 2. The number of hydrogen-bond acceptors (Lipinski definition) is 2. The van der Waals surface area contributed by atoms with Crippen molar-refractivity contribution in [3.8, 4) is 5.75 Å². The van der Waals surface area contributed by atoms with Crippen molar-refractivity contribution in [1.29, 1.82) is 0 Å². The molecule has 0 saturated heterocycles. The standard InChI is InChI=1S/C11H15FN2O2/c1-13-11(15)14-6-5-8-7-9(12)3-4-10(8)16-2/h3-4,7H,5-6H2,1-2H3,(H2,13,14,15). The van der Waals surface area contributed by atoms with Crippen LogP contribution in [-0.2, 0) is 6.42 Å². The van der Waals surface area contributed by atoms with Crippen molar-refractivity contribution in [1.82, 2.24) is 10.6 Å². The van der Waals surface area contributed by atoms with Gasteiger partial charge in [0.25, 0.3) is 0 Å². The Bertz CT molecular complexity index is 369. The van der Waals surface area contributed by atoms with Gasteiger partial charge in [-0.25, -0.2) is 9.18 Å². The molecule has 0 fully saturated rings. The maximum Gasteiger partial charge on any atom is 0.314 e. The molecule has 1 aromatic rings. The minimum Gasteiger partial charge on any atom is -0.496 e. The lowest BCUT2D eigenvalue weighted by molar-refractivity contribution is 0.243. The maximum atomic E-state index is 13.0. The zero-order chi connectivity index (χ0) is 12.0. The highest BCUT2D eigenvalue weighted by molar-refractivity contribution is 5.73. The molecule has 0 bridgehead atoms. The predicted octanol–water partition coefficient (Wildman–Crippen LogP) is 1.31. The SMILES string of the molecule is CNC(=O)NCCc1cc(F)ccc1OC. The Morgan fingerprint density at radius 3 is 2.88 bits per heavy atom. The van der Waals surface area contributed by atoms with E-state index in [4.69, 9.17) is 4.74 Å². The summed E-state index contributed by atoms with van der Waals surface area (Å²) in [5.41, 5.74) is 0.735. The van der Waals surface area contributed by atoms with Gasteiger partial charge in [-0.2, -0.15) is 0 Å². The maximum absolute atomic E-state index is 13.0. The second-order valence-corrected chi connectivity index (χ2v) is 3.21. The van der Waals surface area contributed by atoms with E-state index in [0.717, 1.165) is 5.56 Å². The van der Waals surface area contributed by atoms with Crippen molar-refractivity contribution in [3.63, 3.8) is 0 Å². The summed E-state index contributed by atoms with van der Waals surface area (Å²) < 4.78 is 18.1. The van der Waals surface area contributed by atoms with Crippen molar-refractivity contribution in [2.45, 2.75) is 6.42 Å². The molecule has 16 heavy (non-hydrogen) atoms. The van der Waals surface area contributed by atoms with Crippen LogP contribution < -0.4 is 15.4 Å². The first kappa shape index (κ1) is 12.3. The van der Waals surface area contributed by atoms with Gasteiger partial charge in [-0.05, 0) is 30.2 Å². The zero-order valence-corrected chi connectivity index (χ0v) is 9.34. The average Bonchev–Trinajstić information content (AvgIpc) is 2.29. The molecule has 0 saturated carbocycles. The molecule has 1 aromatic carbocycles. The lowest BCUT2D eigenvalue weighted by Crippen LogP contribution is -2.34. The Balaban J connectivity index is 2.58. The quantitative estimate of drug-likeness (QED) is 0.813. The van der Waals surface area contributed by atoms with Gasteiger partial charge >= 0.3 is 6.03 Å². The van der Waals surface area contributed by atoms with Crippen molar-refractivity contribution < 1.29 is 13.9 Å². The fourth-order valence-corrected chi connectivity index (χ4v) is 1.34. The number of halogens is 1. The Morgan fingerprint density at radius 2 is 2.25 bits per heavy atom. The van der Waals surface area contributed by atoms with Crippen LogP contribution in [0.5, 0.6) is 5.75 Å². The molecule has 0 radical (unpaired) electrons. The molecule has 1 rings (SSSR count). The van der Waals surface area contributed by atoms with Crippen molar-refractivity contribution >= 4 is 6.03 Å². The zero-order valence-electron chi connectivity index (χ0n) is 9.34. The summed E-state index contributed by atoms with van der Waals surface area (Å²) in [6, 6.07) is 4.07. The third-order valence-electron chi connectivity index (χ3n) is 2.15. The molecule has 0 aromatic heterocycles. The van der Waals surface area contributed by atoms with Crippen LogP contribution in [-0.4, -0.2) is 26.7 Å². The largest absolute Gasteiger partial charge is 0.496 e. The smallest absolute Gasteiger partial charge is 0.314 e. The van der Waals surface area contributed by atoms with Crippen molar-refractivity contribution in [2.75, 3.05) is 20.7 Å². The van der Waals surface area contributed by atoms with Gasteiger partial charge < -0.3 is 15.4 Å². The molecular weight excluding hydrogens is 211 g/mol. The highest BCUT2D eigenvalue weighted by atomic mass is 19.1. The first-order valence-electron chi connectivity index (χ1n) is 4.95. The molecule has 0 aliphatic rings. The number of benzene rings is 1. The molecule has 2 N–H and O–H groups in total. The van der Waals surface area contributed by atoms with Crippen LogP contribution in [0.2, 0.25) is 0 Å².